The molecule has 0 unspecified atom stereocenters. The maximum atomic E-state index is 8.13. The Morgan fingerprint density at radius 3 is 2.55 bits per heavy atom. The molecule has 2 saturated heterocycles. The fraction of sp³-hybridized carbons (Fsp3) is 0.364. The Morgan fingerprint density at radius 2 is 1.83 bits per heavy atom. The quantitative estimate of drug-likeness (QED) is 0.717. The van der Waals surface area contributed by atoms with Gasteiger partial charge in [0.05, 0.1) is 31.8 Å². The molecule has 7 nitrogen and oxygen atoms in total. The normalized spacial score (nSPS) is 20.3. The van der Waals surface area contributed by atoms with Crippen LogP contribution >= 0.6 is 0 Å². The van der Waals surface area contributed by atoms with Crippen molar-refractivity contribution >= 4 is 17.3 Å². The van der Waals surface area contributed by atoms with Gasteiger partial charge in [0.1, 0.15) is 6.33 Å². The Kier molecular flexibility index (Phi) is 3.61. The van der Waals surface area contributed by atoms with Gasteiger partial charge in [0.15, 0.2) is 0 Å². The van der Waals surface area contributed by atoms with Crippen molar-refractivity contribution in [3.05, 3.63) is 60.3 Å². The molecule has 1 aromatic heterocycles. The highest BCUT2D eigenvalue weighted by Gasteiger charge is 2.29. The van der Waals surface area contributed by atoms with Crippen molar-refractivity contribution in [2.75, 3.05) is 49.6 Å². The van der Waals surface area contributed by atoms with Crippen LogP contribution < -0.4 is 10.2 Å². The number of rotatable bonds is 5. The summed E-state index contributed by atoms with van der Waals surface area (Å²) < 4.78 is 46.3. The third kappa shape index (κ3) is 3.97. The zero-order valence-corrected chi connectivity index (χ0v) is 16.3. The van der Waals surface area contributed by atoms with Crippen molar-refractivity contribution < 1.29 is 11.6 Å². The summed E-state index contributed by atoms with van der Waals surface area (Å²) >= 11 is 0. The van der Waals surface area contributed by atoms with Crippen LogP contribution in [0.4, 0.5) is 17.3 Å². The molecule has 2 aliphatic heterocycles. The third-order valence-electron chi connectivity index (χ3n) is 5.34. The van der Waals surface area contributed by atoms with Crippen LogP contribution in [0.3, 0.4) is 0 Å². The van der Waals surface area contributed by atoms with E-state index in [9.17, 15) is 0 Å². The van der Waals surface area contributed by atoms with Gasteiger partial charge >= 0.3 is 0 Å². The number of ether oxygens (including phenoxy) is 1. The van der Waals surface area contributed by atoms with Gasteiger partial charge in [-0.15, -0.1) is 5.10 Å². The van der Waals surface area contributed by atoms with Gasteiger partial charge < -0.3 is 15.0 Å². The van der Waals surface area contributed by atoms with Gasteiger partial charge in [-0.3, -0.25) is 4.90 Å². The highest BCUT2D eigenvalue weighted by atomic mass is 16.5. The minimum Gasteiger partial charge on any atom is -0.378 e. The van der Waals surface area contributed by atoms with Gasteiger partial charge in [-0.1, -0.05) is 18.1 Å². The highest BCUT2D eigenvalue weighted by Crippen LogP contribution is 2.26. The van der Waals surface area contributed by atoms with Crippen molar-refractivity contribution in [3.8, 4) is 5.69 Å². The average Bonchev–Trinajstić information content (AvgIpc) is 3.23. The molecular formula is C22H26N6O. The Hall–Kier alpha value is -2.90. The molecule has 29 heavy (non-hydrogen) atoms. The summed E-state index contributed by atoms with van der Waals surface area (Å²) in [6.07, 6.45) is 1.34. The Balaban J connectivity index is 1.34. The van der Waals surface area contributed by atoms with Gasteiger partial charge in [0.25, 0.3) is 0 Å². The molecule has 3 heterocycles. The topological polar surface area (TPSA) is 58.5 Å². The second-order valence-electron chi connectivity index (χ2n) is 7.38. The van der Waals surface area contributed by atoms with Gasteiger partial charge in [-0.05, 0) is 42.8 Å². The molecule has 7 heteroatoms. The van der Waals surface area contributed by atoms with Crippen molar-refractivity contribution in [3.63, 3.8) is 0 Å². The first-order valence-electron chi connectivity index (χ1n) is 12.3. The number of para-hydroxylation sites is 1. The van der Waals surface area contributed by atoms with Crippen LogP contribution in [0.15, 0.2) is 54.7 Å². The first kappa shape index (κ1) is 13.3. The SMILES string of the molecule is [2H]c1c([2H])c([2H])c(-n2cnc(Nc3cc(C)cc(N4CCN(C5COC5)CC4)c3)n2)c([2H])c1[2H]. The van der Waals surface area contributed by atoms with Crippen LogP contribution in [-0.4, -0.2) is 65.1 Å². The van der Waals surface area contributed by atoms with Crippen LogP contribution in [0, 0.1) is 6.92 Å². The molecule has 0 saturated carbocycles. The van der Waals surface area contributed by atoms with Crippen LogP contribution in [0.2, 0.25) is 0 Å². The molecule has 3 aromatic rings. The number of hydrogen-bond donors (Lipinski definition) is 1. The maximum Gasteiger partial charge on any atom is 0.246 e. The van der Waals surface area contributed by atoms with Crippen molar-refractivity contribution in [2.45, 2.75) is 13.0 Å². The number of hydrogen-bond acceptors (Lipinski definition) is 6. The first-order valence-corrected chi connectivity index (χ1v) is 9.76. The van der Waals surface area contributed by atoms with Gasteiger partial charge in [0, 0.05) is 37.6 Å². The second-order valence-corrected chi connectivity index (χ2v) is 7.38. The van der Waals surface area contributed by atoms with Crippen LogP contribution in [0.1, 0.15) is 12.4 Å². The summed E-state index contributed by atoms with van der Waals surface area (Å²) in [5, 5.41) is 7.51. The van der Waals surface area contributed by atoms with E-state index in [1.807, 2.05) is 13.0 Å². The minimum atomic E-state index is -0.439. The molecular weight excluding hydrogens is 364 g/mol. The summed E-state index contributed by atoms with van der Waals surface area (Å²) in [4.78, 5) is 9.10. The lowest BCUT2D eigenvalue weighted by Crippen LogP contribution is -2.56. The second kappa shape index (κ2) is 7.85. The number of nitrogens with zero attached hydrogens (tertiary/aromatic N) is 5. The molecule has 0 aliphatic carbocycles. The zero-order valence-electron chi connectivity index (χ0n) is 21.3. The van der Waals surface area contributed by atoms with E-state index in [2.05, 4.69) is 37.3 Å². The van der Waals surface area contributed by atoms with E-state index in [-0.39, 0.29) is 23.7 Å². The lowest BCUT2D eigenvalue weighted by atomic mass is 10.1. The van der Waals surface area contributed by atoms with E-state index in [1.54, 1.807) is 0 Å². The van der Waals surface area contributed by atoms with Gasteiger partial charge in [0.2, 0.25) is 5.95 Å². The van der Waals surface area contributed by atoms with Crippen LogP contribution in [0.5, 0.6) is 0 Å². The van der Waals surface area contributed by atoms with E-state index >= 15 is 0 Å². The Morgan fingerprint density at radius 1 is 1.03 bits per heavy atom. The van der Waals surface area contributed by atoms with Crippen LogP contribution in [-0.2, 0) is 4.74 Å². The summed E-state index contributed by atoms with van der Waals surface area (Å²) in [5.41, 5.74) is 3.01. The third-order valence-corrected chi connectivity index (χ3v) is 5.34. The molecule has 0 bridgehead atoms. The monoisotopic (exact) mass is 395 g/mol. The molecule has 0 amide bonds. The number of benzene rings is 2. The van der Waals surface area contributed by atoms with Gasteiger partial charge in [-0.2, -0.15) is 4.98 Å². The molecule has 2 fully saturated rings. The number of aryl methyl sites for hydroxylation is 1. The Labute approximate surface area is 177 Å². The maximum absolute atomic E-state index is 8.13. The summed E-state index contributed by atoms with van der Waals surface area (Å²) in [6.45, 7) is 7.62. The minimum absolute atomic E-state index is 0.0359. The molecule has 0 atom stereocenters. The van der Waals surface area contributed by atoms with Crippen molar-refractivity contribution in [1.82, 2.24) is 19.7 Å². The predicted molar refractivity (Wildman–Crippen MR) is 114 cm³/mol. The number of anilines is 3. The van der Waals surface area contributed by atoms with Crippen molar-refractivity contribution in [2.24, 2.45) is 0 Å². The van der Waals surface area contributed by atoms with Gasteiger partial charge in [-0.25, -0.2) is 4.68 Å². The van der Waals surface area contributed by atoms with E-state index in [0.29, 0.717) is 6.04 Å². The fourth-order valence-electron chi connectivity index (χ4n) is 3.71. The van der Waals surface area contributed by atoms with E-state index in [0.717, 1.165) is 56.3 Å². The highest BCUT2D eigenvalue weighted by molar-refractivity contribution is 5.64. The number of piperazine rings is 1. The van der Waals surface area contributed by atoms with Crippen LogP contribution in [0.25, 0.3) is 5.69 Å². The average molecular weight is 396 g/mol. The fourth-order valence-corrected chi connectivity index (χ4v) is 3.71. The lowest BCUT2D eigenvalue weighted by Gasteiger charge is -2.43. The largest absolute Gasteiger partial charge is 0.378 e. The first-order chi connectivity index (χ1) is 16.3. The summed E-state index contributed by atoms with van der Waals surface area (Å²) in [7, 11) is 0. The van der Waals surface area contributed by atoms with Crippen molar-refractivity contribution in [1.29, 1.82) is 0 Å². The Bertz CT molecular complexity index is 1190. The predicted octanol–water partition coefficient (Wildman–Crippen LogP) is 2.84. The standard InChI is InChI=1S/C22H26N6O/c1-17-11-18(24-22-23-16-28(25-22)19-5-3-2-4-6-19)13-20(12-17)26-7-9-27(10-8-26)21-14-29-15-21/h2-6,11-13,16,21H,7-10,14-15H2,1H3,(H,24,25)/i2D,3D,4D,5D,6D. The lowest BCUT2D eigenvalue weighted by molar-refractivity contribution is -0.0660. The van der Waals surface area contributed by atoms with E-state index in [4.69, 9.17) is 11.6 Å². The molecule has 0 radical (unpaired) electrons. The number of aromatic nitrogens is 3. The molecule has 2 aliphatic rings. The number of nitrogens with one attached hydrogen (secondary N) is 1. The zero-order chi connectivity index (χ0) is 24.0. The molecule has 2 aromatic carbocycles. The van der Waals surface area contributed by atoms with E-state index in [1.165, 1.54) is 11.0 Å². The summed E-state index contributed by atoms with van der Waals surface area (Å²) in [6, 6.07) is 4.86. The molecule has 5 rings (SSSR count). The summed E-state index contributed by atoms with van der Waals surface area (Å²) in [5.74, 6) is 0.276. The smallest absolute Gasteiger partial charge is 0.246 e. The molecule has 150 valence electrons. The molecule has 1 N–H and O–H groups in total. The molecule has 0 spiro atoms. The van der Waals surface area contributed by atoms with E-state index < -0.39 is 18.1 Å².